The van der Waals surface area contributed by atoms with Crippen LogP contribution in [0.4, 0.5) is 0 Å². The summed E-state index contributed by atoms with van der Waals surface area (Å²) < 4.78 is 34.0. The van der Waals surface area contributed by atoms with Crippen molar-refractivity contribution in [2.24, 2.45) is 0 Å². The molecular weight excluding hydrogens is 436 g/mol. The number of sulfonamides is 1. The first-order valence-corrected chi connectivity index (χ1v) is 11.0. The third-order valence-corrected chi connectivity index (χ3v) is 6.47. The van der Waals surface area contributed by atoms with Crippen molar-refractivity contribution < 1.29 is 17.9 Å². The van der Waals surface area contributed by atoms with E-state index >= 15 is 0 Å². The van der Waals surface area contributed by atoms with E-state index < -0.39 is 22.0 Å². The zero-order valence-corrected chi connectivity index (χ0v) is 18.2. The molecule has 3 aromatic rings. The van der Waals surface area contributed by atoms with Crippen LogP contribution in [0.25, 0.3) is 10.2 Å². The summed E-state index contributed by atoms with van der Waals surface area (Å²) in [7, 11) is -3.93. The van der Waals surface area contributed by atoms with Crippen LogP contribution in [0.15, 0.2) is 52.2 Å². The maximum absolute atomic E-state index is 12.9. The molecule has 0 saturated heterocycles. The van der Waals surface area contributed by atoms with E-state index in [1.807, 2.05) is 19.1 Å². The van der Waals surface area contributed by atoms with Crippen molar-refractivity contribution >= 4 is 50.0 Å². The number of aromatic amines is 1. The van der Waals surface area contributed by atoms with E-state index in [1.165, 1.54) is 12.1 Å². The Kier molecular flexibility index (Phi) is 7.59. The van der Waals surface area contributed by atoms with Gasteiger partial charge in [-0.2, -0.15) is 0 Å². The summed E-state index contributed by atoms with van der Waals surface area (Å²) in [5, 5.41) is 0. The number of H-pyrrole nitrogens is 1. The first-order valence-electron chi connectivity index (χ1n) is 8.66. The highest BCUT2D eigenvalue weighted by Crippen LogP contribution is 2.24. The van der Waals surface area contributed by atoms with Crippen LogP contribution in [0.1, 0.15) is 30.5 Å². The van der Waals surface area contributed by atoms with Crippen molar-refractivity contribution in [2.75, 3.05) is 6.61 Å². The fourth-order valence-electron chi connectivity index (χ4n) is 2.76. The highest BCUT2D eigenvalue weighted by Gasteiger charge is 2.25. The van der Waals surface area contributed by atoms with E-state index in [4.69, 9.17) is 4.74 Å². The number of aromatic nitrogens is 1. The van der Waals surface area contributed by atoms with Crippen LogP contribution in [-0.2, 0) is 19.6 Å². The van der Waals surface area contributed by atoms with Crippen molar-refractivity contribution in [2.45, 2.75) is 31.2 Å². The minimum atomic E-state index is -3.93. The molecule has 0 radical (unpaired) electrons. The van der Waals surface area contributed by atoms with E-state index in [1.54, 1.807) is 25.1 Å². The van der Waals surface area contributed by atoms with Gasteiger partial charge in [-0.3, -0.25) is 9.59 Å². The van der Waals surface area contributed by atoms with Gasteiger partial charge in [-0.15, -0.1) is 12.4 Å². The quantitative estimate of drug-likeness (QED) is 0.530. The fourth-order valence-corrected chi connectivity index (χ4v) is 4.86. The Morgan fingerprint density at radius 1 is 1.21 bits per heavy atom. The molecule has 2 aromatic carbocycles. The number of carbonyl (C=O) groups excluding carboxylic acids is 1. The van der Waals surface area contributed by atoms with Crippen molar-refractivity contribution in [1.29, 1.82) is 0 Å². The Bertz CT molecular complexity index is 1150. The molecule has 156 valence electrons. The molecule has 7 nitrogen and oxygen atoms in total. The van der Waals surface area contributed by atoms with Crippen LogP contribution in [0.5, 0.6) is 0 Å². The second kappa shape index (κ2) is 9.53. The van der Waals surface area contributed by atoms with Gasteiger partial charge in [-0.25, -0.2) is 13.1 Å². The zero-order chi connectivity index (χ0) is 20.3. The number of ether oxygens (including phenoxy) is 1. The van der Waals surface area contributed by atoms with E-state index in [-0.39, 0.29) is 35.2 Å². The summed E-state index contributed by atoms with van der Waals surface area (Å²) in [6.45, 7) is 3.83. The molecule has 1 atom stereocenters. The minimum absolute atomic E-state index is 0. The van der Waals surface area contributed by atoms with E-state index in [0.29, 0.717) is 15.8 Å². The summed E-state index contributed by atoms with van der Waals surface area (Å²) in [4.78, 5) is 25.9. The van der Waals surface area contributed by atoms with Gasteiger partial charge >= 0.3 is 10.8 Å². The number of benzene rings is 2. The maximum atomic E-state index is 12.9. The standard InChI is InChI=1S/C19H20N2O5S2.ClH/c1-3-26-18(22)11-16(13-6-4-12(2)5-7-13)21-28(24,25)14-8-9-15-17(10-14)27-19(23)20-15;/h4-10,16,21H,3,11H2,1-2H3,(H,20,23);1H. The molecule has 1 aromatic heterocycles. The van der Waals surface area contributed by atoms with Crippen LogP contribution in [0.2, 0.25) is 0 Å². The van der Waals surface area contributed by atoms with Gasteiger partial charge in [0.25, 0.3) is 0 Å². The Balaban J connectivity index is 0.00000300. The first-order chi connectivity index (χ1) is 13.3. The van der Waals surface area contributed by atoms with E-state index in [2.05, 4.69) is 9.71 Å². The molecule has 0 bridgehead atoms. The molecule has 0 fully saturated rings. The van der Waals surface area contributed by atoms with E-state index in [9.17, 15) is 18.0 Å². The van der Waals surface area contributed by atoms with Gasteiger partial charge in [-0.1, -0.05) is 41.2 Å². The average Bonchev–Trinajstić information content (AvgIpc) is 3.01. The number of esters is 1. The Labute approximate surface area is 178 Å². The Morgan fingerprint density at radius 2 is 1.90 bits per heavy atom. The molecule has 0 saturated carbocycles. The number of rotatable bonds is 7. The van der Waals surface area contributed by atoms with Crippen molar-refractivity contribution in [3.63, 3.8) is 0 Å². The number of halogens is 1. The third kappa shape index (κ3) is 5.66. The van der Waals surface area contributed by atoms with Gasteiger partial charge in [-0.05, 0) is 37.6 Å². The number of nitrogens with one attached hydrogen (secondary N) is 2. The molecule has 1 heterocycles. The van der Waals surface area contributed by atoms with Crippen LogP contribution in [-0.4, -0.2) is 26.0 Å². The Hall–Kier alpha value is -2.20. The first kappa shape index (κ1) is 23.1. The average molecular weight is 457 g/mol. The van der Waals surface area contributed by atoms with Crippen LogP contribution >= 0.6 is 23.7 Å². The third-order valence-electron chi connectivity index (χ3n) is 4.16. The largest absolute Gasteiger partial charge is 0.466 e. The summed E-state index contributed by atoms with van der Waals surface area (Å²) in [5.41, 5.74) is 2.26. The summed E-state index contributed by atoms with van der Waals surface area (Å²) >= 11 is 0.939. The van der Waals surface area contributed by atoms with Gasteiger partial charge < -0.3 is 9.72 Å². The number of hydrogen-bond acceptors (Lipinski definition) is 6. The van der Waals surface area contributed by atoms with Crippen molar-refractivity contribution in [3.05, 3.63) is 63.3 Å². The summed E-state index contributed by atoms with van der Waals surface area (Å²) in [5.74, 6) is -0.491. The lowest BCUT2D eigenvalue weighted by atomic mass is 10.0. The predicted octanol–water partition coefficient (Wildman–Crippen LogP) is 3.29. The SMILES string of the molecule is CCOC(=O)CC(NS(=O)(=O)c1ccc2[nH]c(=O)sc2c1)c1ccc(C)cc1.Cl. The molecule has 10 heteroatoms. The number of fused-ring (bicyclic) bond motifs is 1. The molecule has 1 unspecified atom stereocenters. The van der Waals surface area contributed by atoms with Gasteiger partial charge in [0, 0.05) is 0 Å². The number of carbonyl (C=O) groups is 1. The highest BCUT2D eigenvalue weighted by atomic mass is 35.5. The second-order valence-corrected chi connectivity index (χ2v) is 8.99. The summed E-state index contributed by atoms with van der Waals surface area (Å²) in [6, 6.07) is 10.9. The molecule has 0 aliphatic heterocycles. The fraction of sp³-hybridized carbons (Fsp3) is 0.263. The number of thiazole rings is 1. The van der Waals surface area contributed by atoms with Gasteiger partial charge in [0.1, 0.15) is 0 Å². The monoisotopic (exact) mass is 456 g/mol. The highest BCUT2D eigenvalue weighted by molar-refractivity contribution is 7.89. The van der Waals surface area contributed by atoms with E-state index in [0.717, 1.165) is 16.9 Å². The topological polar surface area (TPSA) is 105 Å². The molecule has 0 aliphatic carbocycles. The maximum Gasteiger partial charge on any atom is 0.307 e. The smallest absolute Gasteiger partial charge is 0.307 e. The van der Waals surface area contributed by atoms with Crippen LogP contribution in [0, 0.1) is 6.92 Å². The van der Waals surface area contributed by atoms with Crippen LogP contribution < -0.4 is 9.60 Å². The second-order valence-electron chi connectivity index (χ2n) is 6.27. The molecule has 29 heavy (non-hydrogen) atoms. The lowest BCUT2D eigenvalue weighted by Gasteiger charge is -2.19. The Morgan fingerprint density at radius 3 is 2.55 bits per heavy atom. The lowest BCUT2D eigenvalue weighted by Crippen LogP contribution is -2.30. The normalized spacial score (nSPS) is 12.3. The molecule has 0 amide bonds. The lowest BCUT2D eigenvalue weighted by molar-refractivity contribution is -0.143. The molecule has 3 rings (SSSR count). The van der Waals surface area contributed by atoms with Gasteiger partial charge in [0.2, 0.25) is 10.0 Å². The molecular formula is C19H21ClN2O5S2. The zero-order valence-electron chi connectivity index (χ0n) is 15.8. The predicted molar refractivity (Wildman–Crippen MR) is 115 cm³/mol. The van der Waals surface area contributed by atoms with Crippen LogP contribution in [0.3, 0.4) is 0 Å². The number of hydrogen-bond donors (Lipinski definition) is 2. The van der Waals surface area contributed by atoms with Gasteiger partial charge in [0.05, 0.1) is 34.2 Å². The summed E-state index contributed by atoms with van der Waals surface area (Å²) in [6.07, 6.45) is -0.129. The molecule has 0 aliphatic rings. The minimum Gasteiger partial charge on any atom is -0.466 e. The number of aryl methyl sites for hydroxylation is 1. The van der Waals surface area contributed by atoms with Gasteiger partial charge in [0.15, 0.2) is 0 Å². The molecule has 2 N–H and O–H groups in total. The van der Waals surface area contributed by atoms with Crippen molar-refractivity contribution in [3.8, 4) is 0 Å². The van der Waals surface area contributed by atoms with Crippen molar-refractivity contribution in [1.82, 2.24) is 9.71 Å². The molecule has 0 spiro atoms.